The molecule has 0 saturated carbocycles. The lowest BCUT2D eigenvalue weighted by Crippen LogP contribution is -2.34. The van der Waals surface area contributed by atoms with E-state index in [1.807, 2.05) is 7.05 Å². The van der Waals surface area contributed by atoms with Crippen molar-refractivity contribution in [2.24, 2.45) is 12.8 Å². The lowest BCUT2D eigenvalue weighted by atomic mass is 10.5. The van der Waals surface area contributed by atoms with Gasteiger partial charge in [-0.2, -0.15) is 0 Å². The van der Waals surface area contributed by atoms with E-state index in [-0.39, 0.29) is 4.99 Å². The third-order valence-corrected chi connectivity index (χ3v) is 1.49. The molecule has 1 aromatic heterocycles. The number of nitrogens with one attached hydrogen (secondary N) is 1. The molecule has 2 amide bonds. The van der Waals surface area contributed by atoms with E-state index >= 15 is 0 Å². The first-order valence-electron chi connectivity index (χ1n) is 3.18. The molecule has 1 aromatic rings. The molecule has 1 heterocycles. The number of hydrogen-bond acceptors (Lipinski definition) is 3. The summed E-state index contributed by atoms with van der Waals surface area (Å²) in [6.07, 6.45) is 3.28. The fraction of sp³-hybridized carbons (Fsp3) is 0.167. The van der Waals surface area contributed by atoms with E-state index in [0.29, 0.717) is 5.69 Å². The fourth-order valence-corrected chi connectivity index (χ4v) is 0.912. The number of aromatic nitrogens is 2. The van der Waals surface area contributed by atoms with Gasteiger partial charge in [-0.3, -0.25) is 5.32 Å². The largest absolute Gasteiger partial charge is 0.351 e. The number of aryl methyl sites for hydroxylation is 1. The summed E-state index contributed by atoms with van der Waals surface area (Å²) < 4.78 is 1.73. The minimum atomic E-state index is -0.675. The molecule has 0 aliphatic heterocycles. The molecule has 0 atom stereocenters. The molecule has 0 bridgehead atoms. The van der Waals surface area contributed by atoms with E-state index in [4.69, 9.17) is 18.0 Å². The fourth-order valence-electron chi connectivity index (χ4n) is 0.706. The molecule has 3 N–H and O–H groups in total. The number of thiocarbonyl (C=S) groups is 1. The first kappa shape index (κ1) is 8.66. The third kappa shape index (κ3) is 2.03. The summed E-state index contributed by atoms with van der Waals surface area (Å²) in [5, 5.41) is 2.27. The third-order valence-electron chi connectivity index (χ3n) is 1.17. The van der Waals surface area contributed by atoms with Gasteiger partial charge in [0.2, 0.25) is 0 Å². The Balaban J connectivity index is 2.72. The standard InChI is InChI=1S/C6H8N4OS/c1-10-2-4(8-3-10)5(12)9-6(7)11/h2-3H,1H3,(H3,7,9,11,12). The normalized spacial score (nSPS) is 9.42. The Hall–Kier alpha value is -1.43. The molecule has 0 aliphatic rings. The summed E-state index contributed by atoms with van der Waals surface area (Å²) in [5.41, 5.74) is 5.40. The van der Waals surface area contributed by atoms with Crippen molar-refractivity contribution < 1.29 is 4.79 Å². The van der Waals surface area contributed by atoms with E-state index in [9.17, 15) is 4.79 Å². The van der Waals surface area contributed by atoms with Crippen LogP contribution in [0.2, 0.25) is 0 Å². The van der Waals surface area contributed by atoms with Gasteiger partial charge >= 0.3 is 6.03 Å². The van der Waals surface area contributed by atoms with Crippen LogP contribution in [0, 0.1) is 0 Å². The van der Waals surface area contributed by atoms with E-state index in [1.165, 1.54) is 0 Å². The van der Waals surface area contributed by atoms with Gasteiger partial charge in [0.15, 0.2) is 0 Å². The number of amides is 2. The number of urea groups is 1. The zero-order chi connectivity index (χ0) is 9.14. The molecule has 64 valence electrons. The van der Waals surface area contributed by atoms with Gasteiger partial charge in [0.25, 0.3) is 0 Å². The van der Waals surface area contributed by atoms with Crippen molar-refractivity contribution in [1.82, 2.24) is 14.9 Å². The van der Waals surface area contributed by atoms with Gasteiger partial charge in [-0.25, -0.2) is 9.78 Å². The Kier molecular flexibility index (Phi) is 2.39. The molecule has 5 nitrogen and oxygen atoms in total. The number of nitrogens with zero attached hydrogens (tertiary/aromatic N) is 2. The molecular weight excluding hydrogens is 176 g/mol. The summed E-state index contributed by atoms with van der Waals surface area (Å²) in [4.78, 5) is 14.5. The predicted octanol–water partition coefficient (Wildman–Crippen LogP) is -0.236. The Morgan fingerprint density at radius 3 is 2.92 bits per heavy atom. The van der Waals surface area contributed by atoms with Crippen LogP contribution in [-0.4, -0.2) is 20.6 Å². The van der Waals surface area contributed by atoms with Crippen LogP contribution in [0.5, 0.6) is 0 Å². The van der Waals surface area contributed by atoms with Gasteiger partial charge in [0, 0.05) is 13.2 Å². The van der Waals surface area contributed by atoms with Gasteiger partial charge in [0.1, 0.15) is 10.7 Å². The summed E-state index contributed by atoms with van der Waals surface area (Å²) >= 11 is 4.82. The van der Waals surface area contributed by atoms with Gasteiger partial charge in [-0.15, -0.1) is 0 Å². The molecular formula is C6H8N4OS. The molecule has 0 radical (unpaired) electrons. The monoisotopic (exact) mass is 184 g/mol. The highest BCUT2D eigenvalue weighted by atomic mass is 32.1. The van der Waals surface area contributed by atoms with Crippen LogP contribution < -0.4 is 11.1 Å². The Bertz CT molecular complexity index is 319. The lowest BCUT2D eigenvalue weighted by Gasteiger charge is -1.98. The van der Waals surface area contributed by atoms with Crippen LogP contribution in [0.4, 0.5) is 4.79 Å². The Morgan fingerprint density at radius 2 is 2.50 bits per heavy atom. The Morgan fingerprint density at radius 1 is 1.83 bits per heavy atom. The summed E-state index contributed by atoms with van der Waals surface area (Å²) in [6, 6.07) is -0.675. The number of rotatable bonds is 1. The average molecular weight is 184 g/mol. The SMILES string of the molecule is Cn1cnc(C(=S)NC(N)=O)c1. The van der Waals surface area contributed by atoms with Crippen molar-refractivity contribution in [3.05, 3.63) is 18.2 Å². The van der Waals surface area contributed by atoms with Gasteiger partial charge in [0.05, 0.1) is 6.33 Å². The molecule has 1 rings (SSSR count). The number of imidazole rings is 1. The van der Waals surface area contributed by atoms with Crippen molar-refractivity contribution in [2.75, 3.05) is 0 Å². The van der Waals surface area contributed by atoms with E-state index in [1.54, 1.807) is 17.1 Å². The maximum Gasteiger partial charge on any atom is 0.317 e. The molecule has 12 heavy (non-hydrogen) atoms. The van der Waals surface area contributed by atoms with Crippen LogP contribution >= 0.6 is 12.2 Å². The van der Waals surface area contributed by atoms with Crippen LogP contribution in [0.1, 0.15) is 5.69 Å². The zero-order valence-corrected chi connectivity index (χ0v) is 7.26. The van der Waals surface area contributed by atoms with E-state index in [2.05, 4.69) is 10.3 Å². The second kappa shape index (κ2) is 3.31. The van der Waals surface area contributed by atoms with E-state index in [0.717, 1.165) is 0 Å². The van der Waals surface area contributed by atoms with Crippen molar-refractivity contribution in [1.29, 1.82) is 0 Å². The molecule has 0 unspecified atom stereocenters. The molecule has 0 saturated heterocycles. The maximum atomic E-state index is 10.4. The first-order valence-corrected chi connectivity index (χ1v) is 3.59. The average Bonchev–Trinajstić information content (AvgIpc) is 2.34. The minimum Gasteiger partial charge on any atom is -0.351 e. The van der Waals surface area contributed by atoms with Gasteiger partial charge in [-0.05, 0) is 0 Å². The topological polar surface area (TPSA) is 72.9 Å². The summed E-state index contributed by atoms with van der Waals surface area (Å²) in [5.74, 6) is 0. The minimum absolute atomic E-state index is 0.239. The maximum absolute atomic E-state index is 10.4. The molecule has 0 aliphatic carbocycles. The number of carbonyl (C=O) groups excluding carboxylic acids is 1. The molecule has 0 spiro atoms. The van der Waals surface area contributed by atoms with Crippen LogP contribution in [-0.2, 0) is 7.05 Å². The first-order chi connectivity index (χ1) is 5.59. The second-order valence-electron chi connectivity index (χ2n) is 2.24. The molecule has 0 fully saturated rings. The predicted molar refractivity (Wildman–Crippen MR) is 47.6 cm³/mol. The molecule has 0 aromatic carbocycles. The number of hydrogen-bond donors (Lipinski definition) is 2. The van der Waals surface area contributed by atoms with Crippen LogP contribution in [0.3, 0.4) is 0 Å². The highest BCUT2D eigenvalue weighted by Gasteiger charge is 2.04. The zero-order valence-electron chi connectivity index (χ0n) is 6.44. The number of primary amides is 1. The number of carbonyl (C=O) groups is 1. The quantitative estimate of drug-likeness (QED) is 0.592. The van der Waals surface area contributed by atoms with Gasteiger partial charge in [-0.1, -0.05) is 12.2 Å². The summed E-state index contributed by atoms with van der Waals surface area (Å²) in [7, 11) is 1.81. The summed E-state index contributed by atoms with van der Waals surface area (Å²) in [6.45, 7) is 0. The van der Waals surface area contributed by atoms with Gasteiger partial charge < -0.3 is 10.3 Å². The second-order valence-corrected chi connectivity index (χ2v) is 2.65. The van der Waals surface area contributed by atoms with Crippen molar-refractivity contribution in [2.45, 2.75) is 0 Å². The van der Waals surface area contributed by atoms with Crippen molar-refractivity contribution in [3.63, 3.8) is 0 Å². The highest BCUT2D eigenvalue weighted by molar-refractivity contribution is 7.80. The van der Waals surface area contributed by atoms with Crippen LogP contribution in [0.25, 0.3) is 0 Å². The smallest absolute Gasteiger partial charge is 0.317 e. The van der Waals surface area contributed by atoms with Crippen molar-refractivity contribution in [3.8, 4) is 0 Å². The van der Waals surface area contributed by atoms with E-state index < -0.39 is 6.03 Å². The van der Waals surface area contributed by atoms with Crippen LogP contribution in [0.15, 0.2) is 12.5 Å². The lowest BCUT2D eigenvalue weighted by molar-refractivity contribution is 0.253. The molecule has 6 heteroatoms. The number of nitrogens with two attached hydrogens (primary N) is 1. The Labute approximate surface area is 74.6 Å². The van der Waals surface area contributed by atoms with Crippen molar-refractivity contribution >= 4 is 23.2 Å². The highest BCUT2D eigenvalue weighted by Crippen LogP contribution is 1.94.